The van der Waals surface area contributed by atoms with E-state index in [1.54, 1.807) is 16.4 Å². The number of anilines is 1. The van der Waals surface area contributed by atoms with Crippen molar-refractivity contribution in [1.82, 2.24) is 4.31 Å². The molecule has 1 aliphatic rings. The molecule has 0 aromatic heterocycles. The van der Waals surface area contributed by atoms with Crippen molar-refractivity contribution in [2.24, 2.45) is 0 Å². The number of hydrogen-bond acceptors (Lipinski definition) is 3. The maximum absolute atomic E-state index is 13.0. The Bertz CT molecular complexity index is 557. The second-order valence-electron chi connectivity index (χ2n) is 5.74. The molecule has 1 heterocycles. The van der Waals surface area contributed by atoms with Gasteiger partial charge in [-0.25, -0.2) is 8.42 Å². The topological polar surface area (TPSA) is 49.4 Å². The lowest BCUT2D eigenvalue weighted by Crippen LogP contribution is -2.38. The molecule has 0 amide bonds. The summed E-state index contributed by atoms with van der Waals surface area (Å²) in [6.07, 6.45) is 5.10. The van der Waals surface area contributed by atoms with E-state index < -0.39 is 10.0 Å². The van der Waals surface area contributed by atoms with E-state index in [4.69, 9.17) is 0 Å². The van der Waals surface area contributed by atoms with E-state index in [2.05, 4.69) is 12.2 Å². The number of hydrogen-bond donors (Lipinski definition) is 1. The third kappa shape index (κ3) is 3.77. The zero-order valence-electron chi connectivity index (χ0n) is 13.0. The first kappa shape index (κ1) is 16.3. The molecule has 0 spiro atoms. The van der Waals surface area contributed by atoms with Crippen molar-refractivity contribution >= 4 is 15.7 Å². The van der Waals surface area contributed by atoms with Gasteiger partial charge in [0, 0.05) is 19.1 Å². The van der Waals surface area contributed by atoms with E-state index in [9.17, 15) is 8.42 Å². The van der Waals surface area contributed by atoms with Crippen LogP contribution in [-0.4, -0.2) is 31.9 Å². The molecule has 0 bridgehead atoms. The molecule has 1 aliphatic heterocycles. The molecular weight excluding hydrogens is 284 g/mol. The maximum atomic E-state index is 13.0. The van der Waals surface area contributed by atoms with Gasteiger partial charge in [-0.05, 0) is 38.3 Å². The first-order valence-corrected chi connectivity index (χ1v) is 9.36. The average molecular weight is 310 g/mol. The minimum Gasteiger partial charge on any atom is -0.384 e. The summed E-state index contributed by atoms with van der Waals surface area (Å²) in [5.74, 6) is 0. The highest BCUT2D eigenvalue weighted by atomic mass is 32.2. The van der Waals surface area contributed by atoms with Gasteiger partial charge in [0.15, 0.2) is 0 Å². The number of rotatable bonds is 5. The van der Waals surface area contributed by atoms with Gasteiger partial charge >= 0.3 is 0 Å². The van der Waals surface area contributed by atoms with Crippen LogP contribution in [0, 0.1) is 0 Å². The van der Waals surface area contributed by atoms with Gasteiger partial charge in [-0.1, -0.05) is 31.9 Å². The van der Waals surface area contributed by atoms with Crippen molar-refractivity contribution in [2.45, 2.75) is 56.9 Å². The van der Waals surface area contributed by atoms with Crippen LogP contribution in [0.15, 0.2) is 29.2 Å². The van der Waals surface area contributed by atoms with Crippen molar-refractivity contribution in [3.63, 3.8) is 0 Å². The van der Waals surface area contributed by atoms with E-state index in [0.717, 1.165) is 44.3 Å². The van der Waals surface area contributed by atoms with E-state index in [-0.39, 0.29) is 6.04 Å². The summed E-state index contributed by atoms with van der Waals surface area (Å²) in [4.78, 5) is 0.409. The fourth-order valence-corrected chi connectivity index (χ4v) is 4.70. The Morgan fingerprint density at radius 3 is 2.76 bits per heavy atom. The predicted molar refractivity (Wildman–Crippen MR) is 87.0 cm³/mol. The van der Waals surface area contributed by atoms with Crippen molar-refractivity contribution in [3.8, 4) is 0 Å². The van der Waals surface area contributed by atoms with Crippen LogP contribution in [0.1, 0.15) is 46.0 Å². The van der Waals surface area contributed by atoms with Crippen molar-refractivity contribution in [3.05, 3.63) is 24.3 Å². The highest BCUT2D eigenvalue weighted by molar-refractivity contribution is 7.89. The predicted octanol–water partition coefficient (Wildman–Crippen LogP) is 3.46. The molecule has 1 unspecified atom stereocenters. The molecule has 1 fully saturated rings. The summed E-state index contributed by atoms with van der Waals surface area (Å²) in [5, 5.41) is 3.23. The van der Waals surface area contributed by atoms with Gasteiger partial charge in [0.25, 0.3) is 0 Å². The second kappa shape index (κ2) is 7.27. The van der Waals surface area contributed by atoms with Crippen LogP contribution in [0.3, 0.4) is 0 Å². The average Bonchev–Trinajstić information content (AvgIpc) is 2.70. The van der Waals surface area contributed by atoms with Gasteiger partial charge in [0.1, 0.15) is 4.90 Å². The lowest BCUT2D eigenvalue weighted by molar-refractivity contribution is 0.342. The smallest absolute Gasteiger partial charge is 0.245 e. The lowest BCUT2D eigenvalue weighted by atomic mass is 10.1. The van der Waals surface area contributed by atoms with Crippen molar-refractivity contribution < 1.29 is 8.42 Å². The molecule has 2 rings (SSSR count). The molecule has 21 heavy (non-hydrogen) atoms. The summed E-state index contributed by atoms with van der Waals surface area (Å²) in [5.41, 5.74) is 0.718. The number of benzene rings is 1. The van der Waals surface area contributed by atoms with E-state index in [1.807, 2.05) is 19.1 Å². The molecule has 0 radical (unpaired) electrons. The lowest BCUT2D eigenvalue weighted by Gasteiger charge is -2.27. The van der Waals surface area contributed by atoms with E-state index in [1.165, 1.54) is 0 Å². The first-order chi connectivity index (χ1) is 10.1. The van der Waals surface area contributed by atoms with E-state index >= 15 is 0 Å². The monoisotopic (exact) mass is 310 g/mol. The third-order valence-electron chi connectivity index (χ3n) is 4.03. The summed E-state index contributed by atoms with van der Waals surface area (Å²) < 4.78 is 27.7. The fourth-order valence-electron chi connectivity index (χ4n) is 2.83. The van der Waals surface area contributed by atoms with Gasteiger partial charge in [-0.15, -0.1) is 0 Å². The number of para-hydroxylation sites is 1. The van der Waals surface area contributed by atoms with Crippen LogP contribution in [0.5, 0.6) is 0 Å². The van der Waals surface area contributed by atoms with E-state index in [0.29, 0.717) is 11.4 Å². The molecule has 5 heteroatoms. The summed E-state index contributed by atoms with van der Waals surface area (Å²) >= 11 is 0. The highest BCUT2D eigenvalue weighted by Gasteiger charge is 2.31. The van der Waals surface area contributed by atoms with Gasteiger partial charge in [0.05, 0.1) is 5.69 Å². The minimum atomic E-state index is -3.42. The molecule has 1 N–H and O–H groups in total. The molecule has 0 aliphatic carbocycles. The van der Waals surface area contributed by atoms with Gasteiger partial charge in [0.2, 0.25) is 10.0 Å². The molecule has 1 aromatic rings. The standard InChI is InChI=1S/C16H26N2O2S/c1-3-12-17-15-10-6-7-11-16(15)21(19,20)18-13-8-4-5-9-14(18)2/h6-7,10-11,14,17H,3-5,8-9,12-13H2,1-2H3. The van der Waals surface area contributed by atoms with Crippen LogP contribution in [0.2, 0.25) is 0 Å². The van der Waals surface area contributed by atoms with Gasteiger partial charge < -0.3 is 5.32 Å². The Balaban J connectivity index is 2.34. The molecule has 1 aromatic carbocycles. The minimum absolute atomic E-state index is 0.0803. The molecule has 0 saturated carbocycles. The summed E-state index contributed by atoms with van der Waals surface area (Å²) in [6.45, 7) is 5.50. The summed E-state index contributed by atoms with van der Waals surface area (Å²) in [6, 6.07) is 7.32. The Kier molecular flexibility index (Phi) is 5.65. The van der Waals surface area contributed by atoms with Gasteiger partial charge in [-0.2, -0.15) is 4.31 Å². The molecule has 4 nitrogen and oxygen atoms in total. The molecule has 1 saturated heterocycles. The second-order valence-corrected chi connectivity index (χ2v) is 7.60. The van der Waals surface area contributed by atoms with Crippen LogP contribution in [-0.2, 0) is 10.0 Å². The first-order valence-electron chi connectivity index (χ1n) is 7.92. The van der Waals surface area contributed by atoms with Gasteiger partial charge in [-0.3, -0.25) is 0 Å². The molecule has 1 atom stereocenters. The number of nitrogens with zero attached hydrogens (tertiary/aromatic N) is 1. The fraction of sp³-hybridized carbons (Fsp3) is 0.625. The summed E-state index contributed by atoms with van der Waals surface area (Å²) in [7, 11) is -3.42. The molecular formula is C16H26N2O2S. The van der Waals surface area contributed by atoms with Crippen LogP contribution < -0.4 is 5.32 Å². The quantitative estimate of drug-likeness (QED) is 0.906. The van der Waals surface area contributed by atoms with Crippen molar-refractivity contribution in [2.75, 3.05) is 18.4 Å². The number of nitrogens with one attached hydrogen (secondary N) is 1. The zero-order chi connectivity index (χ0) is 15.3. The van der Waals surface area contributed by atoms with Crippen LogP contribution in [0.4, 0.5) is 5.69 Å². The van der Waals surface area contributed by atoms with Crippen LogP contribution in [0.25, 0.3) is 0 Å². The van der Waals surface area contributed by atoms with Crippen LogP contribution >= 0.6 is 0 Å². The Hall–Kier alpha value is -1.07. The third-order valence-corrected chi connectivity index (χ3v) is 6.10. The zero-order valence-corrected chi connectivity index (χ0v) is 13.8. The number of sulfonamides is 1. The normalized spacial score (nSPS) is 21.0. The Morgan fingerprint density at radius 1 is 1.24 bits per heavy atom. The maximum Gasteiger partial charge on any atom is 0.245 e. The largest absolute Gasteiger partial charge is 0.384 e. The Labute approximate surface area is 128 Å². The Morgan fingerprint density at radius 2 is 2.00 bits per heavy atom. The highest BCUT2D eigenvalue weighted by Crippen LogP contribution is 2.29. The van der Waals surface area contributed by atoms with Crippen molar-refractivity contribution in [1.29, 1.82) is 0 Å². The SMILES string of the molecule is CCCNc1ccccc1S(=O)(=O)N1CCCCCC1C. The molecule has 118 valence electrons.